The van der Waals surface area contributed by atoms with Crippen LogP contribution in [0.3, 0.4) is 0 Å². The van der Waals surface area contributed by atoms with E-state index in [0.29, 0.717) is 18.3 Å². The molecular formula is C20H24F2N4O2S. The van der Waals surface area contributed by atoms with Crippen molar-refractivity contribution in [1.82, 2.24) is 14.1 Å². The lowest BCUT2D eigenvalue weighted by Gasteiger charge is -2.38. The third kappa shape index (κ3) is 3.59. The van der Waals surface area contributed by atoms with Gasteiger partial charge in [0.2, 0.25) is 0 Å². The molecule has 0 spiro atoms. The van der Waals surface area contributed by atoms with Crippen molar-refractivity contribution in [3.8, 4) is 0 Å². The number of halogens is 2. The molecular weight excluding hydrogens is 398 g/mol. The number of fused-ring (bicyclic) bond motifs is 1. The molecule has 2 saturated heterocycles. The summed E-state index contributed by atoms with van der Waals surface area (Å²) < 4.78 is 40.9. The highest BCUT2D eigenvalue weighted by atomic mass is 32.2. The van der Waals surface area contributed by atoms with E-state index < -0.39 is 23.8 Å². The van der Waals surface area contributed by atoms with Crippen molar-refractivity contribution in [2.75, 3.05) is 19.8 Å². The molecule has 3 aliphatic rings. The van der Waals surface area contributed by atoms with Gasteiger partial charge in [0.15, 0.2) is 0 Å². The van der Waals surface area contributed by atoms with Gasteiger partial charge in [-0.2, -0.15) is 5.10 Å². The SMILES string of the molecule is Cc1c2c(nn1SC1COC1)CN(C1CO[C@H](c3cc(F)ccc3F)C(N)C1)C2. The minimum atomic E-state index is -0.626. The summed E-state index contributed by atoms with van der Waals surface area (Å²) in [6.07, 6.45) is 0.0388. The molecule has 0 bridgehead atoms. The third-order valence-electron chi connectivity index (χ3n) is 6.04. The fraction of sp³-hybridized carbons (Fsp3) is 0.550. The summed E-state index contributed by atoms with van der Waals surface area (Å²) >= 11 is 1.73. The average Bonchev–Trinajstić information content (AvgIpc) is 3.20. The van der Waals surface area contributed by atoms with Gasteiger partial charge in [-0.1, -0.05) is 0 Å². The van der Waals surface area contributed by atoms with Crippen LogP contribution < -0.4 is 5.73 Å². The number of nitrogens with zero attached hydrogens (tertiary/aromatic N) is 3. The highest BCUT2D eigenvalue weighted by molar-refractivity contribution is 7.98. The van der Waals surface area contributed by atoms with Crippen LogP contribution in [0.25, 0.3) is 0 Å². The monoisotopic (exact) mass is 422 g/mol. The molecule has 2 fully saturated rings. The number of ether oxygens (including phenoxy) is 2. The van der Waals surface area contributed by atoms with E-state index in [0.717, 1.165) is 44.1 Å². The van der Waals surface area contributed by atoms with Crippen molar-refractivity contribution >= 4 is 11.9 Å². The van der Waals surface area contributed by atoms with Crippen LogP contribution in [0.1, 0.15) is 35.0 Å². The standard InChI is InChI=1S/C20H24F2N4O2S/c1-11-16-6-25(7-19(16)24-26(11)29-14-9-27-10-14)13-5-18(23)20(28-8-13)15-4-12(21)2-3-17(15)22/h2-4,13-14,18,20H,5-10,23H2,1H3/t13?,18?,20-/m1/s1. The van der Waals surface area contributed by atoms with Gasteiger partial charge in [0.05, 0.1) is 36.5 Å². The minimum absolute atomic E-state index is 0.132. The second kappa shape index (κ2) is 7.63. The first-order chi connectivity index (χ1) is 14.0. The lowest BCUT2D eigenvalue weighted by molar-refractivity contribution is -0.0533. The molecule has 2 unspecified atom stereocenters. The molecule has 1 aromatic carbocycles. The fourth-order valence-corrected chi connectivity index (χ4v) is 5.29. The van der Waals surface area contributed by atoms with E-state index in [4.69, 9.17) is 20.3 Å². The largest absolute Gasteiger partial charge is 0.379 e. The highest BCUT2D eigenvalue weighted by Crippen LogP contribution is 2.36. The minimum Gasteiger partial charge on any atom is -0.379 e. The van der Waals surface area contributed by atoms with Crippen LogP contribution in [0.5, 0.6) is 0 Å². The van der Waals surface area contributed by atoms with Crippen molar-refractivity contribution in [2.45, 2.75) is 49.9 Å². The summed E-state index contributed by atoms with van der Waals surface area (Å²) in [6.45, 7) is 5.67. The summed E-state index contributed by atoms with van der Waals surface area (Å²) in [4.78, 5) is 2.32. The molecule has 1 aromatic heterocycles. The molecule has 2 aromatic rings. The van der Waals surface area contributed by atoms with Crippen LogP contribution in [-0.2, 0) is 22.6 Å². The van der Waals surface area contributed by atoms with Crippen molar-refractivity contribution in [1.29, 1.82) is 0 Å². The molecule has 4 heterocycles. The molecule has 0 radical (unpaired) electrons. The Bertz CT molecular complexity index is 920. The van der Waals surface area contributed by atoms with Crippen molar-refractivity contribution in [3.63, 3.8) is 0 Å². The topological polar surface area (TPSA) is 65.5 Å². The smallest absolute Gasteiger partial charge is 0.129 e. The normalized spacial score (nSPS) is 27.8. The second-order valence-electron chi connectivity index (χ2n) is 8.03. The predicted octanol–water partition coefficient (Wildman–Crippen LogP) is 2.54. The number of rotatable bonds is 4. The summed E-state index contributed by atoms with van der Waals surface area (Å²) in [7, 11) is 0. The zero-order valence-electron chi connectivity index (χ0n) is 16.2. The maximum atomic E-state index is 14.1. The Balaban J connectivity index is 1.24. The quantitative estimate of drug-likeness (QED) is 0.817. The zero-order chi connectivity index (χ0) is 20.1. The average molecular weight is 423 g/mol. The lowest BCUT2D eigenvalue weighted by atomic mass is 9.93. The van der Waals surface area contributed by atoms with Gasteiger partial charge in [0.25, 0.3) is 0 Å². The first kappa shape index (κ1) is 19.4. The van der Waals surface area contributed by atoms with Crippen molar-refractivity contribution in [3.05, 3.63) is 52.3 Å². The predicted molar refractivity (Wildman–Crippen MR) is 105 cm³/mol. The van der Waals surface area contributed by atoms with E-state index in [2.05, 4.69) is 11.8 Å². The Morgan fingerprint density at radius 1 is 1.21 bits per heavy atom. The third-order valence-corrected chi connectivity index (χ3v) is 7.16. The van der Waals surface area contributed by atoms with Gasteiger partial charge in [0.1, 0.15) is 17.7 Å². The van der Waals surface area contributed by atoms with E-state index in [1.807, 2.05) is 4.09 Å². The molecule has 3 atom stereocenters. The molecule has 0 aliphatic carbocycles. The van der Waals surface area contributed by atoms with Crippen LogP contribution in [-0.4, -0.2) is 51.2 Å². The van der Waals surface area contributed by atoms with Gasteiger partial charge >= 0.3 is 0 Å². The number of hydrogen-bond donors (Lipinski definition) is 1. The number of nitrogens with two attached hydrogens (primary N) is 1. The summed E-state index contributed by atoms with van der Waals surface area (Å²) in [6, 6.07) is 3.15. The van der Waals surface area contributed by atoms with Gasteiger partial charge in [-0.25, -0.2) is 12.9 Å². The second-order valence-corrected chi connectivity index (χ2v) is 9.25. The molecule has 5 rings (SSSR count). The Hall–Kier alpha value is -1.52. The van der Waals surface area contributed by atoms with Gasteiger partial charge in [-0.3, -0.25) is 4.90 Å². The molecule has 0 saturated carbocycles. The summed E-state index contributed by atoms with van der Waals surface area (Å²) in [5, 5.41) is 5.26. The number of benzene rings is 1. The summed E-state index contributed by atoms with van der Waals surface area (Å²) in [5.74, 6) is -0.964. The fourth-order valence-electron chi connectivity index (χ4n) is 4.28. The molecule has 3 aliphatic heterocycles. The molecule has 6 nitrogen and oxygen atoms in total. The molecule has 9 heteroatoms. The van der Waals surface area contributed by atoms with Crippen LogP contribution >= 0.6 is 11.9 Å². The lowest BCUT2D eigenvalue weighted by Crippen LogP contribution is -2.47. The van der Waals surface area contributed by atoms with E-state index in [-0.39, 0.29) is 11.6 Å². The summed E-state index contributed by atoms with van der Waals surface area (Å²) in [5.41, 5.74) is 10.1. The van der Waals surface area contributed by atoms with Crippen LogP contribution in [0.15, 0.2) is 18.2 Å². The maximum Gasteiger partial charge on any atom is 0.129 e. The van der Waals surface area contributed by atoms with Gasteiger partial charge in [-0.05, 0) is 43.5 Å². The van der Waals surface area contributed by atoms with Crippen molar-refractivity contribution in [2.24, 2.45) is 5.73 Å². The van der Waals surface area contributed by atoms with Crippen LogP contribution in [0.2, 0.25) is 0 Å². The van der Waals surface area contributed by atoms with Crippen LogP contribution in [0, 0.1) is 18.6 Å². The van der Waals surface area contributed by atoms with E-state index >= 15 is 0 Å². The maximum absolute atomic E-state index is 14.1. The van der Waals surface area contributed by atoms with Gasteiger partial charge < -0.3 is 15.2 Å². The van der Waals surface area contributed by atoms with E-state index in [1.54, 1.807) is 11.9 Å². The Morgan fingerprint density at radius 3 is 2.72 bits per heavy atom. The van der Waals surface area contributed by atoms with Gasteiger partial charge in [-0.15, -0.1) is 0 Å². The van der Waals surface area contributed by atoms with Gasteiger partial charge in [0, 0.05) is 36.3 Å². The number of hydrogen-bond acceptors (Lipinski definition) is 6. The first-order valence-corrected chi connectivity index (χ1v) is 10.7. The van der Waals surface area contributed by atoms with Crippen molar-refractivity contribution < 1.29 is 18.3 Å². The molecule has 156 valence electrons. The molecule has 0 amide bonds. The first-order valence-electron chi connectivity index (χ1n) is 9.88. The Kier molecular flexibility index (Phi) is 5.11. The zero-order valence-corrected chi connectivity index (χ0v) is 17.0. The number of aromatic nitrogens is 2. The van der Waals surface area contributed by atoms with Crippen LogP contribution in [0.4, 0.5) is 8.78 Å². The Morgan fingerprint density at radius 2 is 2.03 bits per heavy atom. The van der Waals surface area contributed by atoms with E-state index in [9.17, 15) is 8.78 Å². The molecule has 29 heavy (non-hydrogen) atoms. The van der Waals surface area contributed by atoms with E-state index in [1.165, 1.54) is 17.3 Å². The highest BCUT2D eigenvalue weighted by Gasteiger charge is 2.38. The Labute approximate surface area is 172 Å². The molecule has 2 N–H and O–H groups in total.